The minimum absolute atomic E-state index is 0.0346. The van der Waals surface area contributed by atoms with E-state index in [2.05, 4.69) is 15.4 Å². The van der Waals surface area contributed by atoms with Crippen molar-refractivity contribution in [1.82, 2.24) is 20.2 Å². The SMILES string of the molecule is O=[N+]([O-])c1ccc(C[Se]c2nnn(Cc3ccc([N+](=O)[O-])cc3)n2)cc1. The fraction of sp³-hybridized carbons (Fsp3) is 0.133. The first-order valence-corrected chi connectivity index (χ1v) is 9.45. The average molecular weight is 419 g/mol. The maximum atomic E-state index is 10.6. The molecule has 1 heterocycles. The minimum atomic E-state index is -0.448. The van der Waals surface area contributed by atoms with Gasteiger partial charge in [0, 0.05) is 0 Å². The summed E-state index contributed by atoms with van der Waals surface area (Å²) >= 11 is -0.0517. The monoisotopic (exact) mass is 420 g/mol. The molecule has 0 spiro atoms. The molecule has 0 bridgehead atoms. The third-order valence-corrected chi connectivity index (χ3v) is 5.31. The molecule has 10 nitrogen and oxygen atoms in total. The van der Waals surface area contributed by atoms with Crippen molar-refractivity contribution in [2.45, 2.75) is 11.9 Å². The van der Waals surface area contributed by atoms with Crippen molar-refractivity contribution < 1.29 is 9.85 Å². The number of hydrogen-bond donors (Lipinski definition) is 0. The van der Waals surface area contributed by atoms with Crippen molar-refractivity contribution in [1.29, 1.82) is 0 Å². The number of nitro benzene ring substituents is 2. The van der Waals surface area contributed by atoms with Crippen molar-refractivity contribution in [2.75, 3.05) is 0 Å². The van der Waals surface area contributed by atoms with Gasteiger partial charge in [0.2, 0.25) is 0 Å². The van der Waals surface area contributed by atoms with E-state index < -0.39 is 9.85 Å². The van der Waals surface area contributed by atoms with Gasteiger partial charge in [0.05, 0.1) is 0 Å². The molecule has 26 heavy (non-hydrogen) atoms. The molecule has 11 heteroatoms. The van der Waals surface area contributed by atoms with Crippen LogP contribution in [0.5, 0.6) is 0 Å². The third-order valence-electron chi connectivity index (χ3n) is 3.42. The van der Waals surface area contributed by atoms with E-state index >= 15 is 0 Å². The Morgan fingerprint density at radius 1 is 0.885 bits per heavy atom. The van der Waals surface area contributed by atoms with Crippen LogP contribution in [0, 0.1) is 20.2 Å². The van der Waals surface area contributed by atoms with Gasteiger partial charge in [0.15, 0.2) is 0 Å². The van der Waals surface area contributed by atoms with Crippen LogP contribution in [0.1, 0.15) is 11.1 Å². The summed E-state index contributed by atoms with van der Waals surface area (Å²) in [5, 5.41) is 34.3. The van der Waals surface area contributed by atoms with Gasteiger partial charge in [-0.15, -0.1) is 0 Å². The molecule has 0 aliphatic heterocycles. The van der Waals surface area contributed by atoms with Crippen molar-refractivity contribution in [3.8, 4) is 0 Å². The molecule has 0 fully saturated rings. The second-order valence-corrected chi connectivity index (χ2v) is 7.22. The van der Waals surface area contributed by atoms with E-state index in [1.807, 2.05) is 0 Å². The van der Waals surface area contributed by atoms with E-state index in [4.69, 9.17) is 0 Å². The number of non-ortho nitro benzene ring substituents is 2. The Hall–Kier alpha value is -3.17. The summed E-state index contributed by atoms with van der Waals surface area (Å²) < 4.78 is 0.623. The van der Waals surface area contributed by atoms with Crippen LogP contribution in [0.3, 0.4) is 0 Å². The first-order chi connectivity index (χ1) is 12.5. The normalized spacial score (nSPS) is 10.6. The Labute approximate surface area is 153 Å². The van der Waals surface area contributed by atoms with Crippen LogP contribution in [0.15, 0.2) is 48.5 Å². The Bertz CT molecular complexity index is 926. The number of nitrogens with zero attached hydrogens (tertiary/aromatic N) is 6. The second-order valence-electron chi connectivity index (χ2n) is 5.24. The number of benzene rings is 2. The van der Waals surface area contributed by atoms with E-state index in [0.29, 0.717) is 16.6 Å². The Morgan fingerprint density at radius 2 is 1.42 bits per heavy atom. The summed E-state index contributed by atoms with van der Waals surface area (Å²) in [6.45, 7) is 0.374. The molecule has 0 saturated carbocycles. The summed E-state index contributed by atoms with van der Waals surface area (Å²) in [5.74, 6) is 0. The van der Waals surface area contributed by atoms with Crippen molar-refractivity contribution in [3.63, 3.8) is 0 Å². The molecule has 2 aromatic carbocycles. The van der Waals surface area contributed by atoms with Crippen LogP contribution in [0.2, 0.25) is 0 Å². The van der Waals surface area contributed by atoms with Gasteiger partial charge in [-0.1, -0.05) is 0 Å². The predicted molar refractivity (Wildman–Crippen MR) is 92.2 cm³/mol. The van der Waals surface area contributed by atoms with E-state index in [1.165, 1.54) is 29.1 Å². The van der Waals surface area contributed by atoms with Crippen LogP contribution in [0.4, 0.5) is 11.4 Å². The molecule has 0 amide bonds. The predicted octanol–water partition coefficient (Wildman–Crippen LogP) is 1.07. The number of aromatic nitrogens is 4. The van der Waals surface area contributed by atoms with Gasteiger partial charge in [0.25, 0.3) is 0 Å². The van der Waals surface area contributed by atoms with E-state index in [1.54, 1.807) is 24.3 Å². The molecule has 3 rings (SSSR count). The van der Waals surface area contributed by atoms with Crippen LogP contribution in [-0.4, -0.2) is 45.0 Å². The van der Waals surface area contributed by atoms with Crippen LogP contribution >= 0.6 is 0 Å². The Kier molecular flexibility index (Phi) is 5.30. The molecule has 132 valence electrons. The molecular weight excluding hydrogens is 407 g/mol. The molecule has 0 aliphatic rings. The molecule has 0 N–H and O–H groups in total. The number of tetrazole rings is 1. The first-order valence-electron chi connectivity index (χ1n) is 7.38. The summed E-state index contributed by atoms with van der Waals surface area (Å²) in [4.78, 5) is 21.9. The molecule has 3 aromatic rings. The van der Waals surface area contributed by atoms with Crippen LogP contribution < -0.4 is 4.72 Å². The quantitative estimate of drug-likeness (QED) is 0.318. The van der Waals surface area contributed by atoms with Gasteiger partial charge < -0.3 is 0 Å². The zero-order valence-electron chi connectivity index (χ0n) is 13.3. The zero-order valence-corrected chi connectivity index (χ0v) is 15.0. The molecular formula is C15H12N6O4Se. The second kappa shape index (κ2) is 7.81. The number of rotatable bonds is 7. The van der Waals surface area contributed by atoms with Crippen LogP contribution in [0.25, 0.3) is 0 Å². The van der Waals surface area contributed by atoms with Gasteiger partial charge in [0.1, 0.15) is 0 Å². The van der Waals surface area contributed by atoms with Gasteiger partial charge in [-0.05, 0) is 0 Å². The topological polar surface area (TPSA) is 130 Å². The molecule has 1 aromatic heterocycles. The molecule has 0 atom stereocenters. The summed E-state index contributed by atoms with van der Waals surface area (Å²) in [6.07, 6.45) is 0. The number of hydrogen-bond acceptors (Lipinski definition) is 7. The Balaban J connectivity index is 1.57. The van der Waals surface area contributed by atoms with Crippen molar-refractivity contribution in [3.05, 3.63) is 79.9 Å². The molecule has 0 saturated heterocycles. The maximum absolute atomic E-state index is 10.6. The standard InChI is InChI=1S/C15H12N6O4Se/c22-20(23)13-5-1-11(2-6-13)9-19-17-15(16-18-19)26-10-12-3-7-14(8-4-12)21(24)25/h1-8H,9-10H2. The van der Waals surface area contributed by atoms with E-state index in [9.17, 15) is 20.2 Å². The van der Waals surface area contributed by atoms with Gasteiger partial charge in [-0.3, -0.25) is 0 Å². The third kappa shape index (κ3) is 4.46. The van der Waals surface area contributed by atoms with E-state index in [-0.39, 0.29) is 26.3 Å². The fourth-order valence-corrected chi connectivity index (χ4v) is 3.64. The van der Waals surface area contributed by atoms with Crippen molar-refractivity contribution >= 4 is 31.1 Å². The summed E-state index contributed by atoms with van der Waals surface area (Å²) in [7, 11) is 0. The average Bonchev–Trinajstić information content (AvgIpc) is 3.08. The zero-order chi connectivity index (χ0) is 18.5. The number of nitro groups is 2. The molecule has 0 radical (unpaired) electrons. The van der Waals surface area contributed by atoms with Crippen molar-refractivity contribution in [2.24, 2.45) is 0 Å². The van der Waals surface area contributed by atoms with E-state index in [0.717, 1.165) is 11.1 Å². The fourth-order valence-electron chi connectivity index (χ4n) is 2.10. The first kappa shape index (κ1) is 17.6. The van der Waals surface area contributed by atoms with Gasteiger partial charge in [-0.25, -0.2) is 0 Å². The summed E-state index contributed by atoms with van der Waals surface area (Å²) in [5.41, 5.74) is 1.91. The van der Waals surface area contributed by atoms with Gasteiger partial charge in [-0.2, -0.15) is 0 Å². The summed E-state index contributed by atoms with van der Waals surface area (Å²) in [6, 6.07) is 12.6. The van der Waals surface area contributed by atoms with Gasteiger partial charge >= 0.3 is 153 Å². The molecule has 0 unspecified atom stereocenters. The Morgan fingerprint density at radius 3 is 1.96 bits per heavy atom. The van der Waals surface area contributed by atoms with Crippen LogP contribution in [-0.2, 0) is 11.9 Å². The molecule has 0 aliphatic carbocycles.